The van der Waals surface area contributed by atoms with Crippen LogP contribution in [0, 0.1) is 0 Å². The van der Waals surface area contributed by atoms with Crippen LogP contribution in [0.1, 0.15) is 32.8 Å². The van der Waals surface area contributed by atoms with E-state index in [0.717, 1.165) is 0 Å². The van der Waals surface area contributed by atoms with Gasteiger partial charge in [-0.25, -0.2) is 4.79 Å². The molecule has 3 N–H and O–H groups in total. The van der Waals surface area contributed by atoms with E-state index in [1.54, 1.807) is 18.2 Å². The predicted molar refractivity (Wildman–Crippen MR) is 70.4 cm³/mol. The minimum Gasteiger partial charge on any atom is -0.494 e. The first-order chi connectivity index (χ1) is 8.78. The van der Waals surface area contributed by atoms with Gasteiger partial charge in [0.25, 0.3) is 0 Å². The van der Waals surface area contributed by atoms with Crippen molar-refractivity contribution in [2.45, 2.75) is 38.3 Å². The van der Waals surface area contributed by atoms with Gasteiger partial charge in [-0.05, 0) is 32.9 Å². The topological polar surface area (TPSA) is 81.8 Å². The van der Waals surface area contributed by atoms with Gasteiger partial charge in [0, 0.05) is 18.1 Å². The molecule has 1 aromatic rings. The van der Waals surface area contributed by atoms with Crippen molar-refractivity contribution in [1.82, 2.24) is 0 Å². The molecule has 0 bridgehead atoms. The molecule has 104 valence electrons. The third-order valence-corrected chi connectivity index (χ3v) is 3.22. The van der Waals surface area contributed by atoms with Crippen LogP contribution >= 0.6 is 0 Å². The fourth-order valence-electron chi connectivity index (χ4n) is 2.50. The van der Waals surface area contributed by atoms with Crippen molar-refractivity contribution in [1.29, 1.82) is 0 Å². The number of nitrogens with two attached hydrogens (primary N) is 1. The van der Waals surface area contributed by atoms with Gasteiger partial charge in [0.15, 0.2) is 0 Å². The number of fused-ring (bicyclic) bond motifs is 1. The quantitative estimate of drug-likeness (QED) is 0.872. The number of aliphatic carboxylic acids is 1. The zero-order chi connectivity index (χ0) is 14.3. The summed E-state index contributed by atoms with van der Waals surface area (Å²) < 4.78 is 11.2. The van der Waals surface area contributed by atoms with E-state index < -0.39 is 17.1 Å². The Kier molecular flexibility index (Phi) is 3.18. The average molecular weight is 265 g/mol. The van der Waals surface area contributed by atoms with Crippen molar-refractivity contribution >= 4 is 5.97 Å². The molecule has 1 heterocycles. The first-order valence-corrected chi connectivity index (χ1v) is 6.27. The van der Waals surface area contributed by atoms with Crippen LogP contribution in [0.3, 0.4) is 0 Å². The van der Waals surface area contributed by atoms with Gasteiger partial charge in [-0.3, -0.25) is 0 Å². The zero-order valence-corrected chi connectivity index (χ0v) is 11.4. The molecule has 1 aliphatic rings. The first-order valence-electron chi connectivity index (χ1n) is 6.27. The standard InChI is InChI=1S/C14H19NO4/c1-4-18-9-5-6-10-11(7-9)19-13(2,3)8-14(10,15)12(16)17/h5-7H,4,8,15H2,1-3H3,(H,16,17). The van der Waals surface area contributed by atoms with E-state index in [9.17, 15) is 9.90 Å². The maximum atomic E-state index is 11.5. The van der Waals surface area contributed by atoms with E-state index in [1.165, 1.54) is 0 Å². The SMILES string of the molecule is CCOc1ccc2c(c1)OC(C)(C)CC2(N)C(=O)O. The van der Waals surface area contributed by atoms with Crippen LogP contribution < -0.4 is 15.2 Å². The smallest absolute Gasteiger partial charge is 0.328 e. The molecule has 0 aliphatic carbocycles. The molecule has 0 amide bonds. The lowest BCUT2D eigenvalue weighted by Gasteiger charge is -2.41. The maximum Gasteiger partial charge on any atom is 0.328 e. The highest BCUT2D eigenvalue weighted by Gasteiger charge is 2.48. The molecule has 0 fully saturated rings. The molecule has 2 rings (SSSR count). The van der Waals surface area contributed by atoms with Crippen LogP contribution in [0.4, 0.5) is 0 Å². The molecule has 0 radical (unpaired) electrons. The Hall–Kier alpha value is -1.75. The molecule has 0 aromatic heterocycles. The number of rotatable bonds is 3. The lowest BCUT2D eigenvalue weighted by molar-refractivity contribution is -0.147. The second-order valence-corrected chi connectivity index (χ2v) is 5.41. The first kappa shape index (κ1) is 13.7. The van der Waals surface area contributed by atoms with Crippen LogP contribution in [0.15, 0.2) is 18.2 Å². The molecule has 1 aliphatic heterocycles. The fraction of sp³-hybridized carbons (Fsp3) is 0.500. The van der Waals surface area contributed by atoms with Gasteiger partial charge in [-0.2, -0.15) is 0 Å². The van der Waals surface area contributed by atoms with Gasteiger partial charge >= 0.3 is 5.97 Å². The van der Waals surface area contributed by atoms with Crippen molar-refractivity contribution in [3.05, 3.63) is 23.8 Å². The van der Waals surface area contributed by atoms with Gasteiger partial charge < -0.3 is 20.3 Å². The van der Waals surface area contributed by atoms with Crippen molar-refractivity contribution in [3.63, 3.8) is 0 Å². The summed E-state index contributed by atoms with van der Waals surface area (Å²) in [4.78, 5) is 11.5. The Morgan fingerprint density at radius 1 is 1.53 bits per heavy atom. The summed E-state index contributed by atoms with van der Waals surface area (Å²) in [5.74, 6) is 0.0769. The van der Waals surface area contributed by atoms with Crippen molar-refractivity contribution < 1.29 is 19.4 Å². The highest BCUT2D eigenvalue weighted by molar-refractivity contribution is 5.82. The Bertz CT molecular complexity index is 512. The second-order valence-electron chi connectivity index (χ2n) is 5.41. The summed E-state index contributed by atoms with van der Waals surface area (Å²) in [6, 6.07) is 5.09. The Labute approximate surface area is 112 Å². The van der Waals surface area contributed by atoms with Gasteiger partial charge in [-0.1, -0.05) is 0 Å². The van der Waals surface area contributed by atoms with E-state index in [1.807, 2.05) is 20.8 Å². The summed E-state index contributed by atoms with van der Waals surface area (Å²) in [7, 11) is 0. The lowest BCUT2D eigenvalue weighted by Crippen LogP contribution is -2.54. The van der Waals surface area contributed by atoms with E-state index in [4.69, 9.17) is 15.2 Å². The van der Waals surface area contributed by atoms with Crippen LogP contribution in [-0.2, 0) is 10.3 Å². The van der Waals surface area contributed by atoms with Crippen molar-refractivity contribution in [3.8, 4) is 11.5 Å². The summed E-state index contributed by atoms with van der Waals surface area (Å²) in [6.45, 7) is 6.07. The summed E-state index contributed by atoms with van der Waals surface area (Å²) >= 11 is 0. The molecule has 5 nitrogen and oxygen atoms in total. The lowest BCUT2D eigenvalue weighted by atomic mass is 9.78. The third kappa shape index (κ3) is 2.38. The third-order valence-electron chi connectivity index (χ3n) is 3.22. The number of carboxylic acids is 1. The van der Waals surface area contributed by atoms with E-state index in [0.29, 0.717) is 23.7 Å². The number of hydrogen-bond donors (Lipinski definition) is 2. The highest BCUT2D eigenvalue weighted by atomic mass is 16.5. The molecular weight excluding hydrogens is 246 g/mol. The van der Waals surface area contributed by atoms with Gasteiger partial charge in [0.2, 0.25) is 0 Å². The molecule has 0 spiro atoms. The molecule has 0 saturated carbocycles. The van der Waals surface area contributed by atoms with Gasteiger partial charge in [0.1, 0.15) is 22.6 Å². The van der Waals surface area contributed by atoms with E-state index in [2.05, 4.69) is 0 Å². The number of benzene rings is 1. The minimum atomic E-state index is -1.43. The highest BCUT2D eigenvalue weighted by Crippen LogP contribution is 2.43. The van der Waals surface area contributed by atoms with Crippen molar-refractivity contribution in [2.24, 2.45) is 5.73 Å². The average Bonchev–Trinajstić information content (AvgIpc) is 2.27. The monoisotopic (exact) mass is 265 g/mol. The molecule has 5 heteroatoms. The van der Waals surface area contributed by atoms with Gasteiger partial charge in [-0.15, -0.1) is 0 Å². The van der Waals surface area contributed by atoms with E-state index >= 15 is 0 Å². The van der Waals surface area contributed by atoms with Gasteiger partial charge in [0.05, 0.1) is 6.61 Å². The number of hydrogen-bond acceptors (Lipinski definition) is 4. The number of carbonyl (C=O) groups is 1. The molecular formula is C14H19NO4. The molecule has 0 saturated heterocycles. The number of carboxylic acid groups (broad SMARTS) is 1. The van der Waals surface area contributed by atoms with Crippen LogP contribution in [0.25, 0.3) is 0 Å². The minimum absolute atomic E-state index is 0.219. The Morgan fingerprint density at radius 3 is 2.79 bits per heavy atom. The van der Waals surface area contributed by atoms with Crippen LogP contribution in [-0.4, -0.2) is 23.3 Å². The summed E-state index contributed by atoms with van der Waals surface area (Å²) in [6.07, 6.45) is 0.219. The second kappa shape index (κ2) is 4.42. The molecule has 19 heavy (non-hydrogen) atoms. The Morgan fingerprint density at radius 2 is 2.21 bits per heavy atom. The molecule has 1 aromatic carbocycles. The van der Waals surface area contributed by atoms with Crippen molar-refractivity contribution in [2.75, 3.05) is 6.61 Å². The number of ether oxygens (including phenoxy) is 2. The summed E-state index contributed by atoms with van der Waals surface area (Å²) in [5, 5.41) is 9.44. The largest absolute Gasteiger partial charge is 0.494 e. The molecule has 1 atom stereocenters. The predicted octanol–water partition coefficient (Wildman–Crippen LogP) is 1.88. The molecule has 1 unspecified atom stereocenters. The van der Waals surface area contributed by atoms with E-state index in [-0.39, 0.29) is 6.42 Å². The summed E-state index contributed by atoms with van der Waals surface area (Å²) in [5.41, 5.74) is 4.52. The Balaban J connectivity index is 2.53. The van der Waals surface area contributed by atoms with Crippen LogP contribution in [0.2, 0.25) is 0 Å². The van der Waals surface area contributed by atoms with Crippen LogP contribution in [0.5, 0.6) is 11.5 Å². The maximum absolute atomic E-state index is 11.5. The normalized spacial score (nSPS) is 24.2. The fourth-order valence-corrected chi connectivity index (χ4v) is 2.50. The zero-order valence-electron chi connectivity index (χ0n) is 11.4.